The molecule has 0 bridgehead atoms. The Kier molecular flexibility index (Phi) is 6.52. The molecule has 2 rings (SSSR count). The number of rotatable bonds is 7. The number of aliphatic hydroxyl groups is 1. The third-order valence-electron chi connectivity index (χ3n) is 4.41. The average molecular weight is 291 g/mol. The summed E-state index contributed by atoms with van der Waals surface area (Å²) in [5.74, 6) is 1.41. The van der Waals surface area contributed by atoms with Crippen LogP contribution in [0, 0.1) is 0 Å². The first-order valence-corrected chi connectivity index (χ1v) is 8.32. The molecule has 3 nitrogen and oxygen atoms in total. The first-order chi connectivity index (χ1) is 10.2. The van der Waals surface area contributed by atoms with Gasteiger partial charge in [-0.3, -0.25) is 0 Å². The van der Waals surface area contributed by atoms with E-state index in [1.807, 2.05) is 12.1 Å². The van der Waals surface area contributed by atoms with E-state index in [9.17, 15) is 5.11 Å². The van der Waals surface area contributed by atoms with Crippen molar-refractivity contribution in [3.63, 3.8) is 0 Å². The second-order valence-corrected chi connectivity index (χ2v) is 6.17. The highest BCUT2D eigenvalue weighted by Gasteiger charge is 2.16. The lowest BCUT2D eigenvalue weighted by atomic mass is 9.98. The Bertz CT molecular complexity index is 415. The molecule has 1 heterocycles. The zero-order valence-electron chi connectivity index (χ0n) is 13.4. The minimum Gasteiger partial charge on any atom is -0.491 e. The Morgan fingerprint density at radius 2 is 1.90 bits per heavy atom. The van der Waals surface area contributed by atoms with E-state index in [4.69, 9.17) is 4.74 Å². The molecular formula is C18H29NO2. The number of hydrogen-bond acceptors (Lipinski definition) is 3. The van der Waals surface area contributed by atoms with E-state index in [0.29, 0.717) is 12.5 Å². The van der Waals surface area contributed by atoms with Crippen molar-refractivity contribution in [2.75, 3.05) is 26.2 Å². The SMILES string of the molecule is CC[C@@H](C)c1ccccc1OC[C@H](O)CN1CCCCC1. The van der Waals surface area contributed by atoms with Crippen molar-refractivity contribution in [3.05, 3.63) is 29.8 Å². The lowest BCUT2D eigenvalue weighted by Gasteiger charge is -2.28. The second-order valence-electron chi connectivity index (χ2n) is 6.17. The van der Waals surface area contributed by atoms with Gasteiger partial charge in [-0.25, -0.2) is 0 Å². The van der Waals surface area contributed by atoms with E-state index in [2.05, 4.69) is 30.9 Å². The summed E-state index contributed by atoms with van der Waals surface area (Å²) >= 11 is 0. The lowest BCUT2D eigenvalue weighted by molar-refractivity contribution is 0.0613. The van der Waals surface area contributed by atoms with Gasteiger partial charge in [0.15, 0.2) is 0 Å². The Labute approximate surface area is 128 Å². The van der Waals surface area contributed by atoms with Crippen LogP contribution in [0.2, 0.25) is 0 Å². The van der Waals surface area contributed by atoms with Crippen LogP contribution in [0.1, 0.15) is 51.0 Å². The molecule has 1 aliphatic heterocycles. The molecule has 0 aliphatic carbocycles. The molecule has 118 valence electrons. The van der Waals surface area contributed by atoms with Gasteiger partial charge in [0, 0.05) is 6.54 Å². The largest absolute Gasteiger partial charge is 0.491 e. The Hall–Kier alpha value is -1.06. The predicted octanol–water partition coefficient (Wildman–Crippen LogP) is 3.43. The molecule has 1 aromatic carbocycles. The van der Waals surface area contributed by atoms with Crippen LogP contribution in [-0.4, -0.2) is 42.4 Å². The van der Waals surface area contributed by atoms with Gasteiger partial charge < -0.3 is 14.7 Å². The van der Waals surface area contributed by atoms with E-state index in [0.717, 1.165) is 31.8 Å². The maximum atomic E-state index is 10.2. The fraction of sp³-hybridized carbons (Fsp3) is 0.667. The van der Waals surface area contributed by atoms with Crippen molar-refractivity contribution in [2.45, 2.75) is 51.6 Å². The molecule has 1 aromatic rings. The van der Waals surface area contributed by atoms with Crippen LogP contribution in [0.15, 0.2) is 24.3 Å². The van der Waals surface area contributed by atoms with Gasteiger partial charge in [-0.2, -0.15) is 0 Å². The molecule has 0 amide bonds. The lowest BCUT2D eigenvalue weighted by Crippen LogP contribution is -2.38. The Morgan fingerprint density at radius 3 is 2.62 bits per heavy atom. The van der Waals surface area contributed by atoms with Crippen LogP contribution in [0.3, 0.4) is 0 Å². The third-order valence-corrected chi connectivity index (χ3v) is 4.41. The minimum absolute atomic E-state index is 0.379. The summed E-state index contributed by atoms with van der Waals surface area (Å²) in [5, 5.41) is 10.2. The van der Waals surface area contributed by atoms with Gasteiger partial charge >= 0.3 is 0 Å². The van der Waals surface area contributed by atoms with Crippen LogP contribution in [0.25, 0.3) is 0 Å². The maximum absolute atomic E-state index is 10.2. The average Bonchev–Trinajstić information content (AvgIpc) is 2.53. The molecule has 0 spiro atoms. The third kappa shape index (κ3) is 5.01. The number of piperidine rings is 1. The van der Waals surface area contributed by atoms with Gasteiger partial charge in [0.25, 0.3) is 0 Å². The highest BCUT2D eigenvalue weighted by Crippen LogP contribution is 2.28. The van der Waals surface area contributed by atoms with Crippen LogP contribution in [-0.2, 0) is 0 Å². The quantitative estimate of drug-likeness (QED) is 0.835. The fourth-order valence-corrected chi connectivity index (χ4v) is 2.92. The summed E-state index contributed by atoms with van der Waals surface area (Å²) in [6.07, 6.45) is 4.52. The summed E-state index contributed by atoms with van der Waals surface area (Å²) in [5.41, 5.74) is 1.24. The number of β-amino-alcohol motifs (C(OH)–C–C–N with tert-alkyl or cyclic N) is 1. The molecule has 0 unspecified atom stereocenters. The molecule has 1 N–H and O–H groups in total. The maximum Gasteiger partial charge on any atom is 0.122 e. The summed E-state index contributed by atoms with van der Waals surface area (Å²) in [6.45, 7) is 7.73. The zero-order valence-corrected chi connectivity index (χ0v) is 13.4. The Morgan fingerprint density at radius 1 is 1.19 bits per heavy atom. The van der Waals surface area contributed by atoms with Crippen LogP contribution < -0.4 is 4.74 Å². The minimum atomic E-state index is -0.409. The number of para-hydroxylation sites is 1. The fourth-order valence-electron chi connectivity index (χ4n) is 2.92. The standard InChI is InChI=1S/C18H29NO2/c1-3-15(2)17-9-5-6-10-18(17)21-14-16(20)13-19-11-7-4-8-12-19/h5-6,9-10,15-16,20H,3-4,7-8,11-14H2,1-2H3/t15-,16-/m1/s1. The highest BCUT2D eigenvalue weighted by atomic mass is 16.5. The molecule has 3 heteroatoms. The molecule has 0 radical (unpaired) electrons. The van der Waals surface area contributed by atoms with Crippen molar-refractivity contribution < 1.29 is 9.84 Å². The van der Waals surface area contributed by atoms with Crippen molar-refractivity contribution >= 4 is 0 Å². The number of likely N-dealkylation sites (tertiary alicyclic amines) is 1. The number of benzene rings is 1. The molecule has 0 aromatic heterocycles. The van der Waals surface area contributed by atoms with Gasteiger partial charge in [-0.15, -0.1) is 0 Å². The van der Waals surface area contributed by atoms with Crippen molar-refractivity contribution in [1.82, 2.24) is 4.90 Å². The van der Waals surface area contributed by atoms with Crippen molar-refractivity contribution in [1.29, 1.82) is 0 Å². The molecule has 21 heavy (non-hydrogen) atoms. The first kappa shape index (κ1) is 16.3. The van der Waals surface area contributed by atoms with Crippen molar-refractivity contribution in [3.8, 4) is 5.75 Å². The zero-order chi connectivity index (χ0) is 15.1. The monoisotopic (exact) mass is 291 g/mol. The van der Waals surface area contributed by atoms with E-state index in [1.54, 1.807) is 0 Å². The molecule has 2 atom stereocenters. The molecular weight excluding hydrogens is 262 g/mol. The Balaban J connectivity index is 1.84. The predicted molar refractivity (Wildman–Crippen MR) is 86.9 cm³/mol. The summed E-state index contributed by atoms with van der Waals surface area (Å²) < 4.78 is 5.89. The topological polar surface area (TPSA) is 32.7 Å². The highest BCUT2D eigenvalue weighted by molar-refractivity contribution is 5.35. The molecule has 1 saturated heterocycles. The summed E-state index contributed by atoms with van der Waals surface area (Å²) in [6, 6.07) is 8.19. The number of ether oxygens (including phenoxy) is 1. The molecule has 0 saturated carbocycles. The van der Waals surface area contributed by atoms with Gasteiger partial charge in [-0.1, -0.05) is 38.5 Å². The van der Waals surface area contributed by atoms with E-state index >= 15 is 0 Å². The van der Waals surface area contributed by atoms with E-state index in [1.165, 1.54) is 24.8 Å². The van der Waals surface area contributed by atoms with Crippen LogP contribution in [0.5, 0.6) is 5.75 Å². The molecule has 1 fully saturated rings. The van der Waals surface area contributed by atoms with Gasteiger partial charge in [0.1, 0.15) is 18.5 Å². The van der Waals surface area contributed by atoms with E-state index in [-0.39, 0.29) is 0 Å². The van der Waals surface area contributed by atoms with Crippen LogP contribution >= 0.6 is 0 Å². The first-order valence-electron chi connectivity index (χ1n) is 8.32. The smallest absolute Gasteiger partial charge is 0.122 e. The van der Waals surface area contributed by atoms with Crippen molar-refractivity contribution in [2.24, 2.45) is 0 Å². The van der Waals surface area contributed by atoms with Gasteiger partial charge in [-0.05, 0) is 49.9 Å². The number of aliphatic hydroxyl groups excluding tert-OH is 1. The normalized spacial score (nSPS) is 19.2. The summed E-state index contributed by atoms with van der Waals surface area (Å²) in [4.78, 5) is 2.35. The van der Waals surface area contributed by atoms with Gasteiger partial charge in [0.05, 0.1) is 0 Å². The second kappa shape index (κ2) is 8.40. The van der Waals surface area contributed by atoms with E-state index < -0.39 is 6.10 Å². The summed E-state index contributed by atoms with van der Waals surface area (Å²) in [7, 11) is 0. The van der Waals surface area contributed by atoms with Gasteiger partial charge in [0.2, 0.25) is 0 Å². The number of nitrogens with zero attached hydrogens (tertiary/aromatic N) is 1. The number of hydrogen-bond donors (Lipinski definition) is 1. The molecule has 1 aliphatic rings. The van der Waals surface area contributed by atoms with Crippen LogP contribution in [0.4, 0.5) is 0 Å².